The maximum atomic E-state index is 11.9. The molecule has 2 atom stereocenters. The van der Waals surface area contributed by atoms with Gasteiger partial charge in [0.2, 0.25) is 5.91 Å². The number of amides is 1. The van der Waals surface area contributed by atoms with Crippen molar-refractivity contribution in [1.82, 2.24) is 5.32 Å². The summed E-state index contributed by atoms with van der Waals surface area (Å²) in [5.41, 5.74) is 0.161. The molecule has 0 aliphatic heterocycles. The Morgan fingerprint density at radius 1 is 1.56 bits per heavy atom. The van der Waals surface area contributed by atoms with Crippen LogP contribution in [-0.4, -0.2) is 23.7 Å². The van der Waals surface area contributed by atoms with Crippen molar-refractivity contribution in [2.24, 2.45) is 11.3 Å². The van der Waals surface area contributed by atoms with E-state index < -0.39 is 0 Å². The summed E-state index contributed by atoms with van der Waals surface area (Å²) in [6, 6.07) is 0. The highest BCUT2D eigenvalue weighted by molar-refractivity contribution is 5.79. The molecule has 0 aromatic carbocycles. The van der Waals surface area contributed by atoms with Crippen LogP contribution in [0.2, 0.25) is 0 Å². The molecule has 3 nitrogen and oxygen atoms in total. The van der Waals surface area contributed by atoms with E-state index in [1.807, 2.05) is 0 Å². The highest BCUT2D eigenvalue weighted by Gasteiger charge is 2.38. The molecule has 0 heterocycles. The van der Waals surface area contributed by atoms with Crippen molar-refractivity contribution in [2.45, 2.75) is 59.0 Å². The number of aliphatic hydroxyl groups is 1. The van der Waals surface area contributed by atoms with Crippen molar-refractivity contribution in [2.75, 3.05) is 6.54 Å². The third-order valence-corrected chi connectivity index (χ3v) is 3.67. The van der Waals surface area contributed by atoms with Crippen LogP contribution in [0, 0.1) is 11.3 Å². The molecule has 2 N–H and O–H groups in total. The first-order chi connectivity index (χ1) is 7.43. The summed E-state index contributed by atoms with van der Waals surface area (Å²) >= 11 is 0. The number of hydrogen-bond donors (Lipinski definition) is 2. The molecule has 0 spiro atoms. The molecule has 0 saturated heterocycles. The maximum absolute atomic E-state index is 11.9. The average Bonchev–Trinajstić information content (AvgIpc) is 2.52. The summed E-state index contributed by atoms with van der Waals surface area (Å²) in [4.78, 5) is 11.9. The smallest absolute Gasteiger partial charge is 0.223 e. The molecule has 0 radical (unpaired) electrons. The van der Waals surface area contributed by atoms with E-state index in [1.54, 1.807) is 6.92 Å². The van der Waals surface area contributed by atoms with Gasteiger partial charge in [-0.3, -0.25) is 4.79 Å². The van der Waals surface area contributed by atoms with Gasteiger partial charge in [0.1, 0.15) is 0 Å². The summed E-state index contributed by atoms with van der Waals surface area (Å²) in [6.07, 6.45) is 4.69. The SMILES string of the molecule is CC(O)CCCNC(=O)C1CCCC1(C)C. The molecule has 1 amide bonds. The lowest BCUT2D eigenvalue weighted by Crippen LogP contribution is -2.36. The van der Waals surface area contributed by atoms with Crippen LogP contribution in [0.1, 0.15) is 52.9 Å². The number of aliphatic hydroxyl groups excluding tert-OH is 1. The minimum atomic E-state index is -0.264. The lowest BCUT2D eigenvalue weighted by atomic mass is 9.81. The highest BCUT2D eigenvalue weighted by atomic mass is 16.3. The molecule has 3 heteroatoms. The second kappa shape index (κ2) is 5.67. The topological polar surface area (TPSA) is 49.3 Å². The highest BCUT2D eigenvalue weighted by Crippen LogP contribution is 2.42. The summed E-state index contributed by atoms with van der Waals surface area (Å²) in [6.45, 7) is 6.83. The van der Waals surface area contributed by atoms with Crippen molar-refractivity contribution in [3.8, 4) is 0 Å². The molecule has 1 aliphatic carbocycles. The Labute approximate surface area is 98.6 Å². The van der Waals surface area contributed by atoms with Crippen molar-refractivity contribution < 1.29 is 9.90 Å². The number of nitrogens with one attached hydrogen (secondary N) is 1. The second-order valence-corrected chi connectivity index (χ2v) is 5.72. The number of carbonyl (C=O) groups excluding carboxylic acids is 1. The molecule has 1 rings (SSSR count). The van der Waals surface area contributed by atoms with Gasteiger partial charge in [0.25, 0.3) is 0 Å². The van der Waals surface area contributed by atoms with Gasteiger partial charge in [0.05, 0.1) is 6.10 Å². The first-order valence-corrected chi connectivity index (χ1v) is 6.39. The van der Waals surface area contributed by atoms with Crippen LogP contribution in [0.4, 0.5) is 0 Å². The fourth-order valence-corrected chi connectivity index (χ4v) is 2.55. The van der Waals surface area contributed by atoms with E-state index in [-0.39, 0.29) is 23.3 Å². The molecule has 2 unspecified atom stereocenters. The first-order valence-electron chi connectivity index (χ1n) is 6.39. The fourth-order valence-electron chi connectivity index (χ4n) is 2.55. The van der Waals surface area contributed by atoms with Crippen LogP contribution in [0.5, 0.6) is 0 Å². The molecule has 0 bridgehead atoms. The van der Waals surface area contributed by atoms with E-state index in [1.165, 1.54) is 6.42 Å². The Balaban J connectivity index is 2.25. The van der Waals surface area contributed by atoms with Gasteiger partial charge >= 0.3 is 0 Å². The first kappa shape index (κ1) is 13.5. The fraction of sp³-hybridized carbons (Fsp3) is 0.923. The zero-order valence-corrected chi connectivity index (χ0v) is 10.8. The van der Waals surface area contributed by atoms with Gasteiger partial charge in [0.15, 0.2) is 0 Å². The Hall–Kier alpha value is -0.570. The Morgan fingerprint density at radius 2 is 2.25 bits per heavy atom. The third kappa shape index (κ3) is 3.78. The second-order valence-electron chi connectivity index (χ2n) is 5.72. The van der Waals surface area contributed by atoms with Gasteiger partial charge in [0, 0.05) is 12.5 Å². The average molecular weight is 227 g/mol. The lowest BCUT2D eigenvalue weighted by Gasteiger charge is -2.25. The normalized spacial score (nSPS) is 25.4. The molecule has 1 fully saturated rings. The van der Waals surface area contributed by atoms with Crippen molar-refractivity contribution in [3.63, 3.8) is 0 Å². The standard InChI is InChI=1S/C13H25NO2/c1-10(15)6-5-9-14-12(16)11-7-4-8-13(11,2)3/h10-11,15H,4-9H2,1-3H3,(H,14,16). The minimum absolute atomic E-state index is 0.161. The number of rotatable bonds is 5. The van der Waals surface area contributed by atoms with Crippen molar-refractivity contribution in [3.05, 3.63) is 0 Å². The molecular formula is C13H25NO2. The predicted octanol–water partition coefficient (Wildman–Crippen LogP) is 2.09. The van der Waals surface area contributed by atoms with Crippen LogP contribution < -0.4 is 5.32 Å². The van der Waals surface area contributed by atoms with Gasteiger partial charge in [-0.05, 0) is 38.0 Å². The summed E-state index contributed by atoms with van der Waals surface area (Å²) in [5, 5.41) is 12.1. The quantitative estimate of drug-likeness (QED) is 0.707. The summed E-state index contributed by atoms with van der Waals surface area (Å²) < 4.78 is 0. The molecule has 16 heavy (non-hydrogen) atoms. The van der Waals surface area contributed by atoms with Crippen LogP contribution in [0.15, 0.2) is 0 Å². The van der Waals surface area contributed by atoms with Crippen LogP contribution in [-0.2, 0) is 4.79 Å². The minimum Gasteiger partial charge on any atom is -0.393 e. The van der Waals surface area contributed by atoms with E-state index >= 15 is 0 Å². The van der Waals surface area contributed by atoms with Crippen LogP contribution >= 0.6 is 0 Å². The van der Waals surface area contributed by atoms with E-state index in [0.29, 0.717) is 6.54 Å². The Bertz CT molecular complexity index is 236. The molecule has 94 valence electrons. The van der Waals surface area contributed by atoms with Gasteiger partial charge < -0.3 is 10.4 Å². The number of hydrogen-bond acceptors (Lipinski definition) is 2. The summed E-state index contributed by atoms with van der Waals surface area (Å²) in [5.74, 6) is 0.382. The molecule has 1 saturated carbocycles. The molecular weight excluding hydrogens is 202 g/mol. The Kier molecular flexibility index (Phi) is 4.78. The van der Waals surface area contributed by atoms with E-state index in [0.717, 1.165) is 25.7 Å². The van der Waals surface area contributed by atoms with Gasteiger partial charge in [-0.15, -0.1) is 0 Å². The third-order valence-electron chi connectivity index (χ3n) is 3.67. The maximum Gasteiger partial charge on any atom is 0.223 e. The van der Waals surface area contributed by atoms with Gasteiger partial charge in [-0.2, -0.15) is 0 Å². The zero-order valence-electron chi connectivity index (χ0n) is 10.8. The van der Waals surface area contributed by atoms with Crippen molar-refractivity contribution >= 4 is 5.91 Å². The molecule has 1 aliphatic rings. The van der Waals surface area contributed by atoms with E-state index in [2.05, 4.69) is 19.2 Å². The van der Waals surface area contributed by atoms with Crippen LogP contribution in [0.25, 0.3) is 0 Å². The monoisotopic (exact) mass is 227 g/mol. The largest absolute Gasteiger partial charge is 0.393 e. The van der Waals surface area contributed by atoms with Crippen LogP contribution in [0.3, 0.4) is 0 Å². The predicted molar refractivity (Wildman–Crippen MR) is 65.0 cm³/mol. The Morgan fingerprint density at radius 3 is 2.75 bits per heavy atom. The number of carbonyl (C=O) groups is 1. The van der Waals surface area contributed by atoms with Gasteiger partial charge in [-0.1, -0.05) is 20.3 Å². The molecule has 0 aromatic heterocycles. The van der Waals surface area contributed by atoms with Gasteiger partial charge in [-0.25, -0.2) is 0 Å². The molecule has 0 aromatic rings. The van der Waals surface area contributed by atoms with E-state index in [4.69, 9.17) is 5.11 Å². The zero-order chi connectivity index (χ0) is 12.2. The summed E-state index contributed by atoms with van der Waals surface area (Å²) in [7, 11) is 0. The van der Waals surface area contributed by atoms with E-state index in [9.17, 15) is 4.79 Å². The van der Waals surface area contributed by atoms with Crippen molar-refractivity contribution in [1.29, 1.82) is 0 Å². The lowest BCUT2D eigenvalue weighted by molar-refractivity contribution is -0.127.